The summed E-state index contributed by atoms with van der Waals surface area (Å²) in [5.41, 5.74) is 1.38. The Morgan fingerprint density at radius 3 is 2.75 bits per heavy atom. The van der Waals surface area contributed by atoms with E-state index in [2.05, 4.69) is 25.7 Å². The van der Waals surface area contributed by atoms with Crippen LogP contribution in [0, 0.1) is 0 Å². The lowest BCUT2D eigenvalue weighted by Crippen LogP contribution is -2.64. The molecular weight excluding hydrogens is 310 g/mol. The van der Waals surface area contributed by atoms with Gasteiger partial charge in [-0.2, -0.15) is 0 Å². The van der Waals surface area contributed by atoms with Crippen LogP contribution in [0.4, 0.5) is 0 Å². The van der Waals surface area contributed by atoms with Crippen LogP contribution in [-0.2, 0) is 4.79 Å². The van der Waals surface area contributed by atoms with Crippen LogP contribution in [0.5, 0.6) is 0 Å². The summed E-state index contributed by atoms with van der Waals surface area (Å²) in [6, 6.07) is 6.87. The highest BCUT2D eigenvalue weighted by Crippen LogP contribution is 2.16. The molecule has 0 bridgehead atoms. The van der Waals surface area contributed by atoms with Crippen molar-refractivity contribution in [3.8, 4) is 5.69 Å². The molecule has 3 heterocycles. The van der Waals surface area contributed by atoms with Crippen molar-refractivity contribution in [3.63, 3.8) is 0 Å². The van der Waals surface area contributed by atoms with E-state index in [0.717, 1.165) is 18.8 Å². The molecule has 1 aromatic carbocycles. The third kappa shape index (κ3) is 2.62. The minimum atomic E-state index is -0.239. The Hall–Kier alpha value is -2.81. The fraction of sp³-hybridized carbons (Fsp3) is 0.400. The summed E-state index contributed by atoms with van der Waals surface area (Å²) in [7, 11) is 0. The molecule has 1 N–H and O–H groups in total. The first kappa shape index (κ1) is 14.8. The molecule has 0 saturated carbocycles. The molecule has 2 aromatic rings. The molecule has 2 aliphatic rings. The third-order valence-corrected chi connectivity index (χ3v) is 4.51. The van der Waals surface area contributed by atoms with Crippen LogP contribution < -0.4 is 5.32 Å². The van der Waals surface area contributed by atoms with Crippen LogP contribution in [0.1, 0.15) is 10.4 Å². The molecular formula is C15H17N7O2. The number of fused-ring (bicyclic) bond motifs is 1. The minimum Gasteiger partial charge on any atom is -0.353 e. The summed E-state index contributed by atoms with van der Waals surface area (Å²) in [6.45, 7) is 3.32. The van der Waals surface area contributed by atoms with Crippen molar-refractivity contribution in [3.05, 3.63) is 36.2 Å². The number of carbonyl (C=O) groups excluding carboxylic acids is 2. The predicted molar refractivity (Wildman–Crippen MR) is 83.4 cm³/mol. The highest BCUT2D eigenvalue weighted by molar-refractivity contribution is 5.95. The van der Waals surface area contributed by atoms with Crippen molar-refractivity contribution < 1.29 is 9.59 Å². The molecule has 1 aromatic heterocycles. The van der Waals surface area contributed by atoms with E-state index in [0.29, 0.717) is 25.2 Å². The first-order valence-corrected chi connectivity index (χ1v) is 7.87. The summed E-state index contributed by atoms with van der Waals surface area (Å²) < 4.78 is 1.53. The van der Waals surface area contributed by atoms with Gasteiger partial charge in [0.15, 0.2) is 0 Å². The minimum absolute atomic E-state index is 0.00720. The van der Waals surface area contributed by atoms with Crippen molar-refractivity contribution in [2.75, 3.05) is 32.7 Å². The van der Waals surface area contributed by atoms with Crippen LogP contribution in [-0.4, -0.2) is 80.6 Å². The Morgan fingerprint density at radius 1 is 1.17 bits per heavy atom. The summed E-state index contributed by atoms with van der Waals surface area (Å²) in [4.78, 5) is 28.6. The summed E-state index contributed by atoms with van der Waals surface area (Å²) in [6.07, 6.45) is 1.50. The molecule has 0 spiro atoms. The fourth-order valence-electron chi connectivity index (χ4n) is 3.18. The molecule has 1 atom stereocenters. The SMILES string of the molecule is O=C1NCCN2CCN(C(=O)c3ccc(-n4cnnn4)cc3)C[C@H]12. The second-order valence-electron chi connectivity index (χ2n) is 5.90. The molecule has 0 aliphatic carbocycles. The monoisotopic (exact) mass is 327 g/mol. The highest BCUT2D eigenvalue weighted by atomic mass is 16.2. The lowest BCUT2D eigenvalue weighted by Gasteiger charge is -2.43. The Bertz CT molecular complexity index is 744. The molecule has 2 aliphatic heterocycles. The average Bonchev–Trinajstić information content (AvgIpc) is 3.16. The largest absolute Gasteiger partial charge is 0.353 e. The second-order valence-corrected chi connectivity index (χ2v) is 5.90. The normalized spacial score (nSPS) is 21.2. The van der Waals surface area contributed by atoms with Crippen molar-refractivity contribution >= 4 is 11.8 Å². The molecule has 0 unspecified atom stereocenters. The standard InChI is InChI=1S/C15H17N7O2/c23-14-13-9-21(8-7-20(13)6-5-16-14)15(24)11-1-3-12(4-2-11)22-10-17-18-19-22/h1-4,10,13H,5-9H2,(H,16,23)/t13-/m1/s1. The quantitative estimate of drug-likeness (QED) is 0.754. The smallest absolute Gasteiger partial charge is 0.253 e. The molecule has 9 nitrogen and oxygen atoms in total. The molecule has 124 valence electrons. The number of carbonyl (C=O) groups is 2. The summed E-state index contributed by atoms with van der Waals surface area (Å²) >= 11 is 0. The lowest BCUT2D eigenvalue weighted by atomic mass is 10.1. The summed E-state index contributed by atoms with van der Waals surface area (Å²) in [5, 5.41) is 13.9. The zero-order chi connectivity index (χ0) is 16.5. The van der Waals surface area contributed by atoms with Crippen LogP contribution in [0.25, 0.3) is 5.69 Å². The molecule has 2 amide bonds. The van der Waals surface area contributed by atoms with E-state index in [1.807, 2.05) is 0 Å². The number of aromatic nitrogens is 4. The second kappa shape index (κ2) is 6.00. The van der Waals surface area contributed by atoms with E-state index in [4.69, 9.17) is 0 Å². The van der Waals surface area contributed by atoms with Gasteiger partial charge in [0.2, 0.25) is 5.91 Å². The van der Waals surface area contributed by atoms with Gasteiger partial charge in [0.05, 0.1) is 5.69 Å². The predicted octanol–water partition coefficient (Wildman–Crippen LogP) is -1.08. The zero-order valence-electron chi connectivity index (χ0n) is 13.0. The molecule has 0 radical (unpaired) electrons. The van der Waals surface area contributed by atoms with Gasteiger partial charge in [-0.15, -0.1) is 5.10 Å². The Morgan fingerprint density at radius 2 is 2.00 bits per heavy atom. The molecule has 2 saturated heterocycles. The third-order valence-electron chi connectivity index (χ3n) is 4.51. The number of rotatable bonds is 2. The fourth-order valence-corrected chi connectivity index (χ4v) is 3.18. The molecule has 2 fully saturated rings. The van der Waals surface area contributed by atoms with Gasteiger partial charge in [0, 0.05) is 38.3 Å². The van der Waals surface area contributed by atoms with Gasteiger partial charge in [-0.1, -0.05) is 0 Å². The van der Waals surface area contributed by atoms with E-state index in [9.17, 15) is 9.59 Å². The van der Waals surface area contributed by atoms with Crippen LogP contribution >= 0.6 is 0 Å². The Labute approximate surface area is 138 Å². The van der Waals surface area contributed by atoms with Gasteiger partial charge in [0.1, 0.15) is 12.4 Å². The number of tetrazole rings is 1. The number of amides is 2. The zero-order valence-corrected chi connectivity index (χ0v) is 13.0. The van der Waals surface area contributed by atoms with Crippen molar-refractivity contribution in [2.45, 2.75) is 6.04 Å². The van der Waals surface area contributed by atoms with Crippen molar-refractivity contribution in [2.24, 2.45) is 0 Å². The number of hydrogen-bond acceptors (Lipinski definition) is 6. The number of hydrogen-bond donors (Lipinski definition) is 1. The van der Waals surface area contributed by atoms with Crippen LogP contribution in [0.15, 0.2) is 30.6 Å². The van der Waals surface area contributed by atoms with E-state index in [1.165, 1.54) is 11.0 Å². The van der Waals surface area contributed by atoms with E-state index >= 15 is 0 Å². The van der Waals surface area contributed by atoms with Gasteiger partial charge < -0.3 is 10.2 Å². The van der Waals surface area contributed by atoms with Crippen LogP contribution in [0.3, 0.4) is 0 Å². The van der Waals surface area contributed by atoms with Gasteiger partial charge in [-0.05, 0) is 34.7 Å². The average molecular weight is 327 g/mol. The Balaban J connectivity index is 1.48. The molecule has 4 rings (SSSR count). The van der Waals surface area contributed by atoms with Gasteiger partial charge in [-0.3, -0.25) is 14.5 Å². The maximum Gasteiger partial charge on any atom is 0.253 e. The van der Waals surface area contributed by atoms with Gasteiger partial charge in [0.25, 0.3) is 5.91 Å². The number of benzene rings is 1. The number of nitrogens with one attached hydrogen (secondary N) is 1. The van der Waals surface area contributed by atoms with E-state index in [1.54, 1.807) is 29.2 Å². The molecule has 24 heavy (non-hydrogen) atoms. The topological polar surface area (TPSA) is 96.2 Å². The maximum atomic E-state index is 12.7. The van der Waals surface area contributed by atoms with E-state index in [-0.39, 0.29) is 17.9 Å². The first-order chi connectivity index (χ1) is 11.7. The highest BCUT2D eigenvalue weighted by Gasteiger charge is 2.36. The number of piperazine rings is 2. The van der Waals surface area contributed by atoms with E-state index < -0.39 is 0 Å². The maximum absolute atomic E-state index is 12.7. The van der Waals surface area contributed by atoms with Crippen molar-refractivity contribution in [1.29, 1.82) is 0 Å². The Kier molecular flexibility index (Phi) is 3.69. The molecule has 9 heteroatoms. The van der Waals surface area contributed by atoms with Gasteiger partial charge in [-0.25, -0.2) is 4.68 Å². The van der Waals surface area contributed by atoms with Crippen LogP contribution in [0.2, 0.25) is 0 Å². The van der Waals surface area contributed by atoms with Gasteiger partial charge >= 0.3 is 0 Å². The first-order valence-electron chi connectivity index (χ1n) is 7.87. The summed E-state index contributed by atoms with van der Waals surface area (Å²) in [5.74, 6) is -0.0518. The van der Waals surface area contributed by atoms with Crippen molar-refractivity contribution in [1.82, 2.24) is 35.3 Å². The lowest BCUT2D eigenvalue weighted by molar-refractivity contribution is -0.131. The number of nitrogens with zero attached hydrogens (tertiary/aromatic N) is 6.